The maximum Gasteiger partial charge on any atom is 0.451 e. The van der Waals surface area contributed by atoms with Crippen LogP contribution in [0.1, 0.15) is 42.7 Å². The average Bonchev–Trinajstić information content (AvgIpc) is 3.50. The quantitative estimate of drug-likeness (QED) is 0.550. The Morgan fingerprint density at radius 2 is 2.03 bits per heavy atom. The molecule has 0 saturated carbocycles. The molecule has 0 radical (unpaired) electrons. The smallest absolute Gasteiger partial charge is 0.347 e. The zero-order valence-corrected chi connectivity index (χ0v) is 19.0. The third-order valence-electron chi connectivity index (χ3n) is 6.16. The number of hydrogen-bond donors (Lipinski definition) is 0. The summed E-state index contributed by atoms with van der Waals surface area (Å²) >= 11 is 1.64. The fourth-order valence-corrected chi connectivity index (χ4v) is 5.67. The number of aryl methyl sites for hydroxylation is 1. The van der Waals surface area contributed by atoms with Gasteiger partial charge in [0.05, 0.1) is 18.0 Å². The van der Waals surface area contributed by atoms with Gasteiger partial charge in [-0.15, -0.1) is 21.5 Å². The predicted molar refractivity (Wildman–Crippen MR) is 118 cm³/mol. The van der Waals surface area contributed by atoms with Gasteiger partial charge in [-0.05, 0) is 24.8 Å². The van der Waals surface area contributed by atoms with Gasteiger partial charge in [0.15, 0.2) is 5.82 Å². The predicted octanol–water partition coefficient (Wildman–Crippen LogP) is 4.01. The number of halogens is 3. The monoisotopic (exact) mass is 476 g/mol. The summed E-state index contributed by atoms with van der Waals surface area (Å²) < 4.78 is 40.9. The zero-order chi connectivity index (χ0) is 23.2. The van der Waals surface area contributed by atoms with E-state index < -0.39 is 12.0 Å². The normalized spacial score (nSPS) is 18.7. The van der Waals surface area contributed by atoms with Crippen LogP contribution in [0.4, 0.5) is 24.9 Å². The van der Waals surface area contributed by atoms with E-state index in [0.29, 0.717) is 24.8 Å². The molecule has 174 valence electrons. The van der Waals surface area contributed by atoms with Gasteiger partial charge < -0.3 is 14.4 Å². The van der Waals surface area contributed by atoms with Gasteiger partial charge in [0.25, 0.3) is 0 Å². The molecule has 0 bridgehead atoms. The molecule has 1 saturated heterocycles. The van der Waals surface area contributed by atoms with Crippen LogP contribution < -0.4 is 9.80 Å². The van der Waals surface area contributed by atoms with Crippen molar-refractivity contribution in [3.8, 4) is 6.07 Å². The van der Waals surface area contributed by atoms with E-state index in [1.807, 2.05) is 4.90 Å². The van der Waals surface area contributed by atoms with E-state index in [9.17, 15) is 13.2 Å². The molecule has 33 heavy (non-hydrogen) atoms. The minimum absolute atomic E-state index is 0.137. The minimum Gasteiger partial charge on any atom is -0.347 e. The van der Waals surface area contributed by atoms with Crippen molar-refractivity contribution in [3.05, 3.63) is 22.6 Å². The number of hydrogen-bond acceptors (Lipinski definition) is 8. The third-order valence-corrected chi connectivity index (χ3v) is 7.25. The van der Waals surface area contributed by atoms with Gasteiger partial charge in [0, 0.05) is 37.5 Å². The van der Waals surface area contributed by atoms with Gasteiger partial charge in [-0.1, -0.05) is 13.3 Å². The first kappa shape index (κ1) is 21.9. The molecule has 3 aromatic rings. The van der Waals surface area contributed by atoms with Crippen LogP contribution in [0.3, 0.4) is 0 Å². The van der Waals surface area contributed by atoms with Crippen molar-refractivity contribution >= 4 is 33.3 Å². The summed E-state index contributed by atoms with van der Waals surface area (Å²) in [5, 5.41) is 17.2. The first-order valence-corrected chi connectivity index (χ1v) is 11.9. The molecule has 0 N–H and O–H groups in total. The molecule has 12 heteroatoms. The lowest BCUT2D eigenvalue weighted by Crippen LogP contribution is -2.36. The average molecular weight is 477 g/mol. The van der Waals surface area contributed by atoms with E-state index in [1.54, 1.807) is 11.3 Å². The van der Waals surface area contributed by atoms with Crippen LogP contribution in [0.25, 0.3) is 10.2 Å². The highest BCUT2D eigenvalue weighted by Crippen LogP contribution is 2.37. The highest BCUT2D eigenvalue weighted by molar-refractivity contribution is 7.18. The zero-order valence-electron chi connectivity index (χ0n) is 18.1. The standard InChI is InChI=1S/C21H23F3N8S/c1-2-3-14-10-15-17(30-8-9-32-16(12-30)28-29-19(32)21(22,23)24)26-20(27-18(15)33-14)31-7-5-13(11-31)4-6-25/h10,13H,2-5,7-9,11-12H2,1H3. The molecule has 3 aromatic heterocycles. The Morgan fingerprint density at radius 1 is 1.18 bits per heavy atom. The number of nitrogens with zero attached hydrogens (tertiary/aromatic N) is 8. The molecule has 2 aliphatic heterocycles. The first-order valence-electron chi connectivity index (χ1n) is 11.0. The first-order chi connectivity index (χ1) is 15.9. The summed E-state index contributed by atoms with van der Waals surface area (Å²) in [4.78, 5) is 15.9. The van der Waals surface area contributed by atoms with Gasteiger partial charge in [-0.2, -0.15) is 23.4 Å². The molecule has 1 fully saturated rings. The van der Waals surface area contributed by atoms with Crippen LogP contribution in [0, 0.1) is 17.2 Å². The van der Waals surface area contributed by atoms with Crippen molar-refractivity contribution in [2.24, 2.45) is 5.92 Å². The van der Waals surface area contributed by atoms with E-state index >= 15 is 0 Å². The van der Waals surface area contributed by atoms with E-state index in [-0.39, 0.29) is 18.9 Å². The van der Waals surface area contributed by atoms with Crippen LogP contribution in [0.15, 0.2) is 6.07 Å². The van der Waals surface area contributed by atoms with Crippen LogP contribution in [-0.4, -0.2) is 44.4 Å². The van der Waals surface area contributed by atoms with Crippen molar-refractivity contribution in [1.29, 1.82) is 5.26 Å². The van der Waals surface area contributed by atoms with Crippen LogP contribution in [-0.2, 0) is 25.7 Å². The number of thiophene rings is 1. The van der Waals surface area contributed by atoms with Gasteiger partial charge in [0.1, 0.15) is 10.6 Å². The number of anilines is 2. The summed E-state index contributed by atoms with van der Waals surface area (Å²) in [6.07, 6.45) is -1.15. The topological polar surface area (TPSA) is 86.8 Å². The molecule has 5 heterocycles. The molecule has 1 unspecified atom stereocenters. The van der Waals surface area contributed by atoms with Crippen LogP contribution >= 0.6 is 11.3 Å². The molecule has 8 nitrogen and oxygen atoms in total. The summed E-state index contributed by atoms with van der Waals surface area (Å²) in [5.74, 6) is 0.963. The Bertz CT molecular complexity index is 1210. The van der Waals surface area contributed by atoms with Crippen molar-refractivity contribution < 1.29 is 13.2 Å². The summed E-state index contributed by atoms with van der Waals surface area (Å²) in [6, 6.07) is 4.35. The fraction of sp³-hybridized carbons (Fsp3) is 0.571. The second kappa shape index (κ2) is 8.44. The molecule has 0 aliphatic carbocycles. The molecule has 0 amide bonds. The largest absolute Gasteiger partial charge is 0.451 e. The second-order valence-electron chi connectivity index (χ2n) is 8.50. The Morgan fingerprint density at radius 3 is 2.79 bits per heavy atom. The highest BCUT2D eigenvalue weighted by atomic mass is 32.1. The number of fused-ring (bicyclic) bond motifs is 2. The van der Waals surface area contributed by atoms with E-state index in [2.05, 4.69) is 34.2 Å². The summed E-state index contributed by atoms with van der Waals surface area (Å²) in [6.45, 7) is 4.35. The van der Waals surface area contributed by atoms with Crippen molar-refractivity contribution in [2.45, 2.75) is 51.9 Å². The Balaban J connectivity index is 1.51. The molecule has 5 rings (SSSR count). The van der Waals surface area contributed by atoms with Crippen molar-refractivity contribution in [1.82, 2.24) is 24.7 Å². The fourth-order valence-electron chi connectivity index (χ4n) is 4.56. The number of rotatable bonds is 5. The van der Waals surface area contributed by atoms with Crippen molar-refractivity contribution in [2.75, 3.05) is 29.4 Å². The number of aromatic nitrogens is 5. The van der Waals surface area contributed by atoms with Gasteiger partial charge in [-0.3, -0.25) is 0 Å². The lowest BCUT2D eigenvalue weighted by molar-refractivity contribution is -0.147. The summed E-state index contributed by atoms with van der Waals surface area (Å²) in [7, 11) is 0. The molecule has 1 atom stereocenters. The second-order valence-corrected chi connectivity index (χ2v) is 9.62. The van der Waals surface area contributed by atoms with E-state index in [1.165, 1.54) is 4.88 Å². The number of alkyl halides is 3. The van der Waals surface area contributed by atoms with Gasteiger partial charge in [-0.25, -0.2) is 4.98 Å². The van der Waals surface area contributed by atoms with E-state index in [0.717, 1.165) is 53.0 Å². The van der Waals surface area contributed by atoms with Crippen molar-refractivity contribution in [3.63, 3.8) is 0 Å². The highest BCUT2D eigenvalue weighted by Gasteiger charge is 2.40. The Hall–Kier alpha value is -2.94. The third kappa shape index (κ3) is 4.10. The molecular weight excluding hydrogens is 453 g/mol. The van der Waals surface area contributed by atoms with Gasteiger partial charge in [0.2, 0.25) is 11.8 Å². The minimum atomic E-state index is -4.53. The van der Waals surface area contributed by atoms with Crippen LogP contribution in [0.2, 0.25) is 0 Å². The van der Waals surface area contributed by atoms with Gasteiger partial charge >= 0.3 is 6.18 Å². The molecule has 2 aliphatic rings. The molecular formula is C21H23F3N8S. The lowest BCUT2D eigenvalue weighted by atomic mass is 10.1. The number of nitriles is 1. The maximum absolute atomic E-state index is 13.2. The molecule has 0 spiro atoms. The van der Waals surface area contributed by atoms with E-state index in [4.69, 9.17) is 15.2 Å². The Kier molecular flexibility index (Phi) is 5.60. The SMILES string of the molecule is CCCc1cc2c(N3CCn4c(nnc4C(F)(F)F)C3)nc(N3CCC(CC#N)C3)nc2s1. The maximum atomic E-state index is 13.2. The Labute approximate surface area is 192 Å². The molecule has 0 aromatic carbocycles. The summed E-state index contributed by atoms with van der Waals surface area (Å²) in [5.41, 5.74) is 0. The van der Waals surface area contributed by atoms with Crippen LogP contribution in [0.5, 0.6) is 0 Å². The lowest BCUT2D eigenvalue weighted by Gasteiger charge is -2.30.